The number of nitrogens with zero attached hydrogens (tertiary/aromatic N) is 1. The van der Waals surface area contributed by atoms with Gasteiger partial charge in [0.25, 0.3) is 0 Å². The molecule has 1 fully saturated rings. The summed E-state index contributed by atoms with van der Waals surface area (Å²) in [6, 6.07) is 5.49. The topological polar surface area (TPSA) is 55.6 Å². The van der Waals surface area contributed by atoms with Gasteiger partial charge in [-0.3, -0.25) is 4.79 Å². The van der Waals surface area contributed by atoms with Crippen molar-refractivity contribution < 1.29 is 9.53 Å². The predicted octanol–water partition coefficient (Wildman–Crippen LogP) is 2.62. The van der Waals surface area contributed by atoms with Gasteiger partial charge in [-0.1, -0.05) is 11.6 Å². The Balaban J connectivity index is 2.15. The van der Waals surface area contributed by atoms with E-state index in [-0.39, 0.29) is 18.0 Å². The quantitative estimate of drug-likeness (QED) is 0.930. The summed E-state index contributed by atoms with van der Waals surface area (Å²) in [6.45, 7) is 2.75. The average Bonchev–Trinajstić information content (AvgIpc) is 2.47. The molecule has 0 aromatic heterocycles. The molecule has 116 valence electrons. The largest absolute Gasteiger partial charge is 0.496 e. The molecule has 0 bridgehead atoms. The number of benzene rings is 1. The molecule has 0 saturated carbocycles. The molecule has 0 radical (unpaired) electrons. The number of likely N-dealkylation sites (tertiary alicyclic amines) is 1. The van der Waals surface area contributed by atoms with Crippen LogP contribution in [0.2, 0.25) is 5.02 Å². The van der Waals surface area contributed by atoms with Crippen LogP contribution in [0.3, 0.4) is 0 Å². The van der Waals surface area contributed by atoms with E-state index < -0.39 is 0 Å². The van der Waals surface area contributed by atoms with Gasteiger partial charge in [0.1, 0.15) is 5.75 Å². The highest BCUT2D eigenvalue weighted by Gasteiger charge is 2.29. The number of piperidine rings is 1. The summed E-state index contributed by atoms with van der Waals surface area (Å²) in [4.78, 5) is 14.6. The number of methoxy groups -OCH3 is 1. The van der Waals surface area contributed by atoms with E-state index in [1.165, 1.54) is 0 Å². The molecule has 1 aliphatic heterocycles. The molecule has 5 heteroatoms. The summed E-state index contributed by atoms with van der Waals surface area (Å²) in [5.74, 6) is 0.791. The van der Waals surface area contributed by atoms with E-state index in [4.69, 9.17) is 22.1 Å². The molecule has 4 nitrogen and oxygen atoms in total. The van der Waals surface area contributed by atoms with Gasteiger partial charge < -0.3 is 15.4 Å². The van der Waals surface area contributed by atoms with Gasteiger partial charge in [-0.15, -0.1) is 0 Å². The normalized spacial score (nSPS) is 20.2. The second kappa shape index (κ2) is 7.14. The fraction of sp³-hybridized carbons (Fsp3) is 0.562. The summed E-state index contributed by atoms with van der Waals surface area (Å²) in [5.41, 5.74) is 6.85. The van der Waals surface area contributed by atoms with Crippen LogP contribution < -0.4 is 10.5 Å². The van der Waals surface area contributed by atoms with Gasteiger partial charge in [-0.2, -0.15) is 0 Å². The minimum Gasteiger partial charge on any atom is -0.496 e. The van der Waals surface area contributed by atoms with Crippen LogP contribution in [0.15, 0.2) is 18.2 Å². The lowest BCUT2D eigenvalue weighted by molar-refractivity contribution is -0.134. The first-order valence-corrected chi connectivity index (χ1v) is 7.78. The van der Waals surface area contributed by atoms with Gasteiger partial charge in [-0.25, -0.2) is 0 Å². The van der Waals surface area contributed by atoms with Crippen molar-refractivity contribution in [1.82, 2.24) is 4.90 Å². The Kier molecular flexibility index (Phi) is 5.48. The zero-order valence-electron chi connectivity index (χ0n) is 12.6. The molecular formula is C16H23ClN2O2. The summed E-state index contributed by atoms with van der Waals surface area (Å²) in [6.07, 6.45) is 3.46. The molecule has 2 N–H and O–H groups in total. The van der Waals surface area contributed by atoms with Crippen LogP contribution in [0.5, 0.6) is 5.75 Å². The lowest BCUT2D eigenvalue weighted by Gasteiger charge is -2.38. The van der Waals surface area contributed by atoms with Crippen LogP contribution in [0.1, 0.15) is 31.7 Å². The third-order valence-corrected chi connectivity index (χ3v) is 4.30. The molecule has 2 rings (SSSR count). The average molecular weight is 311 g/mol. The zero-order valence-corrected chi connectivity index (χ0v) is 13.4. The number of halogens is 1. The first-order chi connectivity index (χ1) is 10.0. The van der Waals surface area contributed by atoms with Crippen LogP contribution >= 0.6 is 11.6 Å². The third-order valence-electron chi connectivity index (χ3n) is 4.06. The number of rotatable bonds is 4. The monoisotopic (exact) mass is 310 g/mol. The molecule has 2 atom stereocenters. The van der Waals surface area contributed by atoms with Crippen molar-refractivity contribution >= 4 is 17.5 Å². The van der Waals surface area contributed by atoms with E-state index >= 15 is 0 Å². The Morgan fingerprint density at radius 3 is 2.95 bits per heavy atom. The highest BCUT2D eigenvalue weighted by Crippen LogP contribution is 2.25. The third kappa shape index (κ3) is 3.89. The van der Waals surface area contributed by atoms with E-state index in [0.29, 0.717) is 17.2 Å². The van der Waals surface area contributed by atoms with Crippen LogP contribution in [-0.4, -0.2) is 36.5 Å². The van der Waals surface area contributed by atoms with Crippen molar-refractivity contribution in [3.05, 3.63) is 28.8 Å². The number of carbonyl (C=O) groups excluding carboxylic acids is 1. The number of amides is 1. The van der Waals surface area contributed by atoms with Crippen LogP contribution in [0.25, 0.3) is 0 Å². The van der Waals surface area contributed by atoms with Gasteiger partial charge in [0.2, 0.25) is 5.91 Å². The number of nitrogens with two attached hydrogens (primary N) is 1. The van der Waals surface area contributed by atoms with Gasteiger partial charge in [-0.05, 0) is 44.4 Å². The first kappa shape index (κ1) is 16.1. The van der Waals surface area contributed by atoms with Crippen molar-refractivity contribution in [3.63, 3.8) is 0 Å². The maximum atomic E-state index is 12.6. The molecule has 21 heavy (non-hydrogen) atoms. The maximum absolute atomic E-state index is 12.6. The Morgan fingerprint density at radius 2 is 2.29 bits per heavy atom. The molecule has 1 aromatic carbocycles. The van der Waals surface area contributed by atoms with E-state index in [1.807, 2.05) is 11.8 Å². The Labute approximate surface area is 131 Å². The molecular weight excluding hydrogens is 288 g/mol. The zero-order chi connectivity index (χ0) is 15.4. The molecule has 1 aromatic rings. The standard InChI is InChI=1S/C16H23ClN2O2/c1-11(18)14-5-3-4-8-19(14)16(20)10-12-9-13(17)6-7-15(12)21-2/h6-7,9,11,14H,3-5,8,10,18H2,1-2H3. The SMILES string of the molecule is COc1ccc(Cl)cc1CC(=O)N1CCCCC1C(C)N. The van der Waals surface area contributed by atoms with Crippen LogP contribution in [-0.2, 0) is 11.2 Å². The lowest BCUT2D eigenvalue weighted by Crippen LogP contribution is -2.52. The van der Waals surface area contributed by atoms with Gasteiger partial charge in [0.15, 0.2) is 0 Å². The molecule has 2 unspecified atom stereocenters. The highest BCUT2D eigenvalue weighted by molar-refractivity contribution is 6.30. The van der Waals surface area contributed by atoms with E-state index in [2.05, 4.69) is 0 Å². The van der Waals surface area contributed by atoms with E-state index in [9.17, 15) is 4.79 Å². The smallest absolute Gasteiger partial charge is 0.227 e. The van der Waals surface area contributed by atoms with Crippen molar-refractivity contribution in [2.45, 2.75) is 44.7 Å². The van der Waals surface area contributed by atoms with Crippen molar-refractivity contribution in [2.24, 2.45) is 5.73 Å². The molecule has 1 aliphatic rings. The second-order valence-corrected chi connectivity index (χ2v) is 6.08. The van der Waals surface area contributed by atoms with Crippen LogP contribution in [0.4, 0.5) is 0 Å². The minimum absolute atomic E-state index is 0.00416. The Hall–Kier alpha value is -1.26. The molecule has 1 saturated heterocycles. The number of ether oxygens (including phenoxy) is 1. The maximum Gasteiger partial charge on any atom is 0.227 e. The van der Waals surface area contributed by atoms with Gasteiger partial charge in [0, 0.05) is 29.2 Å². The fourth-order valence-electron chi connectivity index (χ4n) is 2.96. The molecule has 1 heterocycles. The van der Waals surface area contributed by atoms with Gasteiger partial charge in [0.05, 0.1) is 13.5 Å². The second-order valence-electron chi connectivity index (χ2n) is 5.64. The summed E-state index contributed by atoms with van der Waals surface area (Å²) >= 11 is 6.02. The van der Waals surface area contributed by atoms with Crippen LogP contribution in [0, 0.1) is 0 Å². The van der Waals surface area contributed by atoms with Crippen molar-refractivity contribution in [3.8, 4) is 5.75 Å². The Morgan fingerprint density at radius 1 is 1.52 bits per heavy atom. The van der Waals surface area contributed by atoms with E-state index in [1.54, 1.807) is 25.3 Å². The lowest BCUT2D eigenvalue weighted by atomic mass is 9.96. The highest BCUT2D eigenvalue weighted by atomic mass is 35.5. The summed E-state index contributed by atoms with van der Waals surface area (Å²) < 4.78 is 5.31. The van der Waals surface area contributed by atoms with E-state index in [0.717, 1.165) is 31.4 Å². The predicted molar refractivity (Wildman–Crippen MR) is 84.7 cm³/mol. The number of carbonyl (C=O) groups is 1. The first-order valence-electron chi connectivity index (χ1n) is 7.40. The summed E-state index contributed by atoms with van der Waals surface area (Å²) in [5, 5.41) is 0.612. The molecule has 1 amide bonds. The summed E-state index contributed by atoms with van der Waals surface area (Å²) in [7, 11) is 1.60. The van der Waals surface area contributed by atoms with Crippen molar-refractivity contribution in [1.29, 1.82) is 0 Å². The molecule has 0 aliphatic carbocycles. The minimum atomic E-state index is -0.00416. The fourth-order valence-corrected chi connectivity index (χ4v) is 3.16. The Bertz CT molecular complexity index is 505. The van der Waals surface area contributed by atoms with Crippen molar-refractivity contribution in [2.75, 3.05) is 13.7 Å². The van der Waals surface area contributed by atoms with Gasteiger partial charge >= 0.3 is 0 Å². The number of hydrogen-bond donors (Lipinski definition) is 1. The molecule has 0 spiro atoms. The number of hydrogen-bond acceptors (Lipinski definition) is 3.